The van der Waals surface area contributed by atoms with Crippen LogP contribution in [0.25, 0.3) is 0 Å². The van der Waals surface area contributed by atoms with Gasteiger partial charge in [-0.3, -0.25) is 14.4 Å². The van der Waals surface area contributed by atoms with E-state index in [2.05, 4.69) is 118 Å². The first-order valence-electron chi connectivity index (χ1n) is 27.7. The Morgan fingerprint density at radius 2 is 0.537 bits per heavy atom. The second-order valence-electron chi connectivity index (χ2n) is 18.1. The lowest BCUT2D eigenvalue weighted by Gasteiger charge is -2.18. The van der Waals surface area contributed by atoms with Gasteiger partial charge in [0.15, 0.2) is 6.10 Å². The highest BCUT2D eigenvalue weighted by molar-refractivity contribution is 5.71. The Hall–Kier alpha value is -3.67. The van der Waals surface area contributed by atoms with Gasteiger partial charge in [0.05, 0.1) is 0 Å². The van der Waals surface area contributed by atoms with Crippen molar-refractivity contribution in [2.45, 2.75) is 258 Å². The number of carbonyl (C=O) groups is 3. The molecular weight excluding hydrogens is 829 g/mol. The molecule has 0 aromatic rings. The molecule has 0 saturated heterocycles. The molecule has 0 heterocycles. The molecule has 0 spiro atoms. The van der Waals surface area contributed by atoms with E-state index in [-0.39, 0.29) is 31.1 Å². The molecule has 0 rings (SSSR count). The predicted octanol–water partition coefficient (Wildman–Crippen LogP) is 18.5. The highest BCUT2D eigenvalue weighted by Gasteiger charge is 2.19. The first kappa shape index (κ1) is 63.3. The smallest absolute Gasteiger partial charge is 0.306 e. The van der Waals surface area contributed by atoms with Crippen LogP contribution in [0.2, 0.25) is 0 Å². The third-order valence-corrected chi connectivity index (χ3v) is 11.5. The fourth-order valence-electron chi connectivity index (χ4n) is 7.31. The summed E-state index contributed by atoms with van der Waals surface area (Å²) < 4.78 is 16.8. The summed E-state index contributed by atoms with van der Waals surface area (Å²) in [7, 11) is 0. The Bertz CT molecular complexity index is 1350. The quantitative estimate of drug-likeness (QED) is 0.0262. The van der Waals surface area contributed by atoms with Crippen LogP contribution in [0.15, 0.2) is 97.2 Å². The number of unbranched alkanes of at least 4 members (excludes halogenated alkanes) is 22. The number of hydrogen-bond donors (Lipinski definition) is 0. The minimum absolute atomic E-state index is 0.104. The van der Waals surface area contributed by atoms with E-state index in [0.29, 0.717) is 19.3 Å². The predicted molar refractivity (Wildman–Crippen MR) is 288 cm³/mol. The first-order chi connectivity index (χ1) is 33.0. The highest BCUT2D eigenvalue weighted by atomic mass is 16.6. The Morgan fingerprint density at radius 1 is 0.299 bits per heavy atom. The summed E-state index contributed by atoms with van der Waals surface area (Å²) in [5, 5.41) is 0. The van der Waals surface area contributed by atoms with Crippen LogP contribution in [-0.2, 0) is 28.6 Å². The van der Waals surface area contributed by atoms with Crippen LogP contribution < -0.4 is 0 Å². The van der Waals surface area contributed by atoms with E-state index < -0.39 is 6.10 Å². The largest absolute Gasteiger partial charge is 0.462 e. The van der Waals surface area contributed by atoms with E-state index in [9.17, 15) is 14.4 Å². The molecule has 0 radical (unpaired) electrons. The van der Waals surface area contributed by atoms with Crippen molar-refractivity contribution in [3.63, 3.8) is 0 Å². The summed E-state index contributed by atoms with van der Waals surface area (Å²) >= 11 is 0. The Labute approximate surface area is 413 Å². The van der Waals surface area contributed by atoms with E-state index in [0.717, 1.165) is 122 Å². The van der Waals surface area contributed by atoms with Gasteiger partial charge in [-0.15, -0.1) is 0 Å². The number of esters is 3. The molecule has 0 unspecified atom stereocenters. The van der Waals surface area contributed by atoms with Crippen LogP contribution in [0.3, 0.4) is 0 Å². The number of rotatable bonds is 49. The molecule has 0 amide bonds. The van der Waals surface area contributed by atoms with Crippen LogP contribution in [0.4, 0.5) is 0 Å². The molecule has 1 atom stereocenters. The van der Waals surface area contributed by atoms with E-state index in [1.165, 1.54) is 89.9 Å². The molecule has 0 aliphatic carbocycles. The molecule has 0 bridgehead atoms. The van der Waals surface area contributed by atoms with Gasteiger partial charge in [0, 0.05) is 19.3 Å². The van der Waals surface area contributed by atoms with Gasteiger partial charge < -0.3 is 14.2 Å². The van der Waals surface area contributed by atoms with Crippen molar-refractivity contribution >= 4 is 17.9 Å². The fraction of sp³-hybridized carbons (Fsp3) is 0.689. The molecule has 6 heteroatoms. The maximum Gasteiger partial charge on any atom is 0.306 e. The molecule has 0 aromatic carbocycles. The maximum absolute atomic E-state index is 12.8. The summed E-state index contributed by atoms with van der Waals surface area (Å²) in [5.74, 6) is -0.964. The second kappa shape index (κ2) is 54.9. The topological polar surface area (TPSA) is 78.9 Å². The number of allylic oxidation sites excluding steroid dienone is 16. The van der Waals surface area contributed by atoms with Crippen molar-refractivity contribution in [1.82, 2.24) is 0 Å². The SMILES string of the molecule is CCCCC/C=C\C/C=C\C/C=C\C/C=C\CCCCCC(=O)OC[C@H](COC(=O)CCCCCC/C=C\C/C=C\C/C=C\CCCCC)OC(=O)CCCCCCC/C=C\CCCCCC. The molecular formula is C61H102O6. The normalized spacial score (nSPS) is 12.8. The van der Waals surface area contributed by atoms with Crippen LogP contribution in [0, 0.1) is 0 Å². The summed E-state index contributed by atoms with van der Waals surface area (Å²) in [6.45, 7) is 6.51. The third kappa shape index (κ3) is 53.2. The molecule has 0 aliphatic rings. The Balaban J connectivity index is 4.49. The van der Waals surface area contributed by atoms with Gasteiger partial charge in [-0.25, -0.2) is 0 Å². The monoisotopic (exact) mass is 931 g/mol. The Kier molecular flexibility index (Phi) is 51.9. The van der Waals surface area contributed by atoms with Gasteiger partial charge in [0.25, 0.3) is 0 Å². The van der Waals surface area contributed by atoms with Crippen molar-refractivity contribution < 1.29 is 28.6 Å². The van der Waals surface area contributed by atoms with Gasteiger partial charge in [0.1, 0.15) is 13.2 Å². The van der Waals surface area contributed by atoms with E-state index in [4.69, 9.17) is 14.2 Å². The molecule has 0 saturated carbocycles. The molecule has 0 aliphatic heterocycles. The third-order valence-electron chi connectivity index (χ3n) is 11.5. The minimum Gasteiger partial charge on any atom is -0.462 e. The number of hydrogen-bond acceptors (Lipinski definition) is 6. The first-order valence-corrected chi connectivity index (χ1v) is 27.7. The molecule has 67 heavy (non-hydrogen) atoms. The zero-order chi connectivity index (χ0) is 48.6. The standard InChI is InChI=1S/C61H102O6/c1-4-7-10-13-16-19-22-25-27-29-30-32-34-37-39-42-45-48-51-54-60(63)66-57-58(67-61(64)55-52-49-46-43-40-35-24-21-18-15-12-9-6-3)56-65-59(62)53-50-47-44-41-38-36-33-31-28-26-23-20-17-14-11-8-5-2/h16-17,19-21,24-28,30,32-33,36-37,39,58H,4-15,18,22-23,29,31,34-35,38,40-57H2,1-3H3/b19-16-,20-17-,24-21-,27-25-,28-26-,32-30-,36-33-,39-37-/t58-/m0/s1. The van der Waals surface area contributed by atoms with Crippen molar-refractivity contribution in [2.75, 3.05) is 13.2 Å². The van der Waals surface area contributed by atoms with E-state index in [1.807, 2.05) is 0 Å². The summed E-state index contributed by atoms with van der Waals surface area (Å²) in [6.07, 6.45) is 72.4. The summed E-state index contributed by atoms with van der Waals surface area (Å²) in [5.41, 5.74) is 0. The van der Waals surface area contributed by atoms with Gasteiger partial charge in [-0.2, -0.15) is 0 Å². The van der Waals surface area contributed by atoms with Gasteiger partial charge in [0.2, 0.25) is 0 Å². The van der Waals surface area contributed by atoms with Gasteiger partial charge >= 0.3 is 17.9 Å². The highest BCUT2D eigenvalue weighted by Crippen LogP contribution is 2.13. The number of ether oxygens (including phenoxy) is 3. The lowest BCUT2D eigenvalue weighted by Crippen LogP contribution is -2.30. The van der Waals surface area contributed by atoms with Crippen LogP contribution in [0.5, 0.6) is 0 Å². The Morgan fingerprint density at radius 3 is 0.896 bits per heavy atom. The molecule has 0 N–H and O–H groups in total. The average Bonchev–Trinajstić information content (AvgIpc) is 3.33. The van der Waals surface area contributed by atoms with Gasteiger partial charge in [-0.05, 0) is 128 Å². The molecule has 0 fully saturated rings. The molecule has 6 nitrogen and oxygen atoms in total. The fourth-order valence-corrected chi connectivity index (χ4v) is 7.31. The summed E-state index contributed by atoms with van der Waals surface area (Å²) in [6, 6.07) is 0. The van der Waals surface area contributed by atoms with Gasteiger partial charge in [-0.1, -0.05) is 201 Å². The minimum atomic E-state index is -0.805. The molecule has 382 valence electrons. The van der Waals surface area contributed by atoms with E-state index in [1.54, 1.807) is 0 Å². The van der Waals surface area contributed by atoms with Crippen molar-refractivity contribution in [3.05, 3.63) is 97.2 Å². The second-order valence-corrected chi connectivity index (χ2v) is 18.1. The average molecular weight is 931 g/mol. The van der Waals surface area contributed by atoms with Crippen LogP contribution in [-0.4, -0.2) is 37.2 Å². The summed E-state index contributed by atoms with van der Waals surface area (Å²) in [4.78, 5) is 38.1. The lowest BCUT2D eigenvalue weighted by atomic mass is 10.1. The number of carbonyl (C=O) groups excluding carboxylic acids is 3. The molecule has 0 aromatic heterocycles. The maximum atomic E-state index is 12.8. The van der Waals surface area contributed by atoms with Crippen molar-refractivity contribution in [3.8, 4) is 0 Å². The van der Waals surface area contributed by atoms with E-state index >= 15 is 0 Å². The van der Waals surface area contributed by atoms with Crippen molar-refractivity contribution in [1.29, 1.82) is 0 Å². The zero-order valence-electron chi connectivity index (χ0n) is 43.6. The van der Waals surface area contributed by atoms with Crippen LogP contribution in [0.1, 0.15) is 252 Å². The lowest BCUT2D eigenvalue weighted by molar-refractivity contribution is -0.167. The van der Waals surface area contributed by atoms with Crippen molar-refractivity contribution in [2.24, 2.45) is 0 Å². The van der Waals surface area contributed by atoms with Crippen LogP contribution >= 0.6 is 0 Å². The zero-order valence-corrected chi connectivity index (χ0v) is 43.6.